The molecule has 4 heterocycles. The highest BCUT2D eigenvalue weighted by molar-refractivity contribution is 8.14. The van der Waals surface area contributed by atoms with Crippen LogP contribution in [0.2, 0.25) is 0 Å². The maximum absolute atomic E-state index is 15.0. The lowest BCUT2D eigenvalue weighted by Crippen LogP contribution is -2.59. The lowest BCUT2D eigenvalue weighted by atomic mass is 9.98. The van der Waals surface area contributed by atoms with Gasteiger partial charge in [-0.05, 0) is 68.6 Å². The van der Waals surface area contributed by atoms with Crippen molar-refractivity contribution in [3.63, 3.8) is 0 Å². The Morgan fingerprint density at radius 2 is 1.10 bits per heavy atom. The SMILES string of the molecule is CC(C)[C@@H]1NC(=O)[C@@H](Cc2ccccc2)N(C)C(=O)[C@@H]2CSC(=N2)[C@@H](C)NC(=O)[C@@H]2CSC(=N2)[C@@H](Cc2ccccc2)N(C)C(=O)[C@@H]2CCCN2C(=O)[C@H](C(C)C)N(C)C(=O)[C@H](Cc2ccccc2)OC(=O)[C@H](C)[C@@H](C)NC1=O. The quantitative estimate of drug-likeness (QED) is 0.265. The van der Waals surface area contributed by atoms with Crippen molar-refractivity contribution in [2.24, 2.45) is 27.7 Å². The van der Waals surface area contributed by atoms with Gasteiger partial charge in [0.25, 0.3) is 5.91 Å². The Kier molecular flexibility index (Phi) is 20.6. The number of cyclic esters (lactones) is 1. The third-order valence-electron chi connectivity index (χ3n) is 15.4. The van der Waals surface area contributed by atoms with E-state index in [9.17, 15) is 33.6 Å². The first-order chi connectivity index (χ1) is 37.6. The van der Waals surface area contributed by atoms with Crippen molar-refractivity contribution < 1.29 is 43.1 Å². The van der Waals surface area contributed by atoms with Gasteiger partial charge in [-0.2, -0.15) is 0 Å². The average Bonchev–Trinajstić information content (AvgIpc) is 4.28. The number of carbonyl (C=O) groups excluding carboxylic acids is 8. The molecule has 0 radical (unpaired) electrons. The van der Waals surface area contributed by atoms with Crippen LogP contribution in [0.15, 0.2) is 101 Å². The molecule has 4 aliphatic rings. The van der Waals surface area contributed by atoms with Gasteiger partial charge in [-0.15, -0.1) is 23.5 Å². The highest BCUT2D eigenvalue weighted by Crippen LogP contribution is 2.30. The van der Waals surface area contributed by atoms with Crippen LogP contribution in [0.3, 0.4) is 0 Å². The third kappa shape index (κ3) is 14.6. The maximum Gasteiger partial charge on any atom is 0.311 e. The van der Waals surface area contributed by atoms with E-state index in [0.29, 0.717) is 40.7 Å². The van der Waals surface area contributed by atoms with Crippen molar-refractivity contribution in [2.75, 3.05) is 39.2 Å². The molecule has 11 atom stereocenters. The summed E-state index contributed by atoms with van der Waals surface area (Å²) in [5, 5.41) is 10.0. The van der Waals surface area contributed by atoms with Crippen LogP contribution in [0.25, 0.3) is 0 Å². The van der Waals surface area contributed by atoms with Crippen LogP contribution in [-0.4, -0.2) is 177 Å². The number of hydrogen-bond donors (Lipinski definition) is 3. The zero-order valence-corrected chi connectivity index (χ0v) is 48.6. The second-order valence-electron chi connectivity index (χ2n) is 21.9. The fourth-order valence-electron chi connectivity index (χ4n) is 10.5. The summed E-state index contributed by atoms with van der Waals surface area (Å²) >= 11 is 2.75. The number of amides is 7. The van der Waals surface area contributed by atoms with Crippen molar-refractivity contribution in [1.29, 1.82) is 0 Å². The lowest BCUT2D eigenvalue weighted by molar-refractivity contribution is -0.166. The Balaban J connectivity index is 1.24. The number of hydrogen-bond acceptors (Lipinski definition) is 13. The van der Waals surface area contributed by atoms with E-state index in [2.05, 4.69) is 16.0 Å². The number of carbonyl (C=O) groups is 8. The van der Waals surface area contributed by atoms with Crippen molar-refractivity contribution >= 4 is 80.9 Å². The summed E-state index contributed by atoms with van der Waals surface area (Å²) in [5.74, 6) is -5.26. The molecular formula is C59H77N9O9S2. The number of nitrogens with one attached hydrogen (secondary N) is 3. The molecule has 0 aliphatic carbocycles. The highest BCUT2D eigenvalue weighted by atomic mass is 32.2. The van der Waals surface area contributed by atoms with Crippen LogP contribution in [0.1, 0.15) is 78.0 Å². The molecule has 3 aromatic carbocycles. The first kappa shape index (κ1) is 60.1. The standard InChI is InChI=1S/C59H77N9O9S2/c1-34(2)48-52(71)60-37(6)36(5)59(76)77-47(31-41-25-18-13-19-26-41)57(74)67(10)49(35(3)4)58(75)68-28-20-27-44(68)56(73)66(9)46(30-40-23-16-12-17-24-40)54-62-42(32-79-54)50(69)61-38(7)53-63-43(33-78-53)55(72)65(8)45(51(70)64-48)29-39-21-14-11-15-22-39/h11-19,21-26,34-38,42-49H,20,27-33H2,1-10H3,(H,60,71)(H,61,69)(H,64,70)/t36-,37-,38-,42+,43+,44+,45-,46-,47+,48+,49+/m1/s1. The van der Waals surface area contributed by atoms with Gasteiger partial charge in [0.05, 0.1) is 28.1 Å². The Morgan fingerprint density at radius 3 is 1.68 bits per heavy atom. The number of nitrogens with zero attached hydrogens (tertiary/aromatic N) is 6. The van der Waals surface area contributed by atoms with Crippen LogP contribution in [0.4, 0.5) is 0 Å². The molecule has 7 amide bonds. The van der Waals surface area contributed by atoms with Crippen LogP contribution >= 0.6 is 23.5 Å². The molecule has 0 spiro atoms. The molecule has 4 bridgehead atoms. The second-order valence-corrected chi connectivity index (χ2v) is 24.0. The first-order valence-corrected chi connectivity index (χ1v) is 29.4. The summed E-state index contributed by atoms with van der Waals surface area (Å²) in [5.41, 5.74) is 2.43. The van der Waals surface area contributed by atoms with Gasteiger partial charge < -0.3 is 40.3 Å². The number of aliphatic imine (C=N–C) groups is 2. The van der Waals surface area contributed by atoms with Crippen molar-refractivity contribution in [1.82, 2.24) is 35.6 Å². The number of fused-ring (bicyclic) bond motifs is 3. The Morgan fingerprint density at radius 1 is 0.570 bits per heavy atom. The molecule has 4 aliphatic heterocycles. The molecule has 18 nitrogen and oxygen atoms in total. The van der Waals surface area contributed by atoms with E-state index in [0.717, 1.165) is 11.1 Å². The molecule has 1 fully saturated rings. The van der Waals surface area contributed by atoms with Gasteiger partial charge in [-0.1, -0.05) is 119 Å². The van der Waals surface area contributed by atoms with E-state index in [-0.39, 0.29) is 37.0 Å². The van der Waals surface area contributed by atoms with Gasteiger partial charge in [0.2, 0.25) is 35.4 Å². The zero-order valence-electron chi connectivity index (χ0n) is 47.0. The smallest absolute Gasteiger partial charge is 0.311 e. The lowest BCUT2D eigenvalue weighted by Gasteiger charge is -2.38. The van der Waals surface area contributed by atoms with Crippen LogP contribution < -0.4 is 16.0 Å². The highest BCUT2D eigenvalue weighted by Gasteiger charge is 2.45. The molecule has 0 unspecified atom stereocenters. The van der Waals surface area contributed by atoms with Gasteiger partial charge in [0, 0.05) is 58.1 Å². The normalized spacial score (nSPS) is 28.7. The van der Waals surface area contributed by atoms with E-state index in [4.69, 9.17) is 14.7 Å². The predicted octanol–water partition coefficient (Wildman–Crippen LogP) is 4.58. The molecule has 1 saturated heterocycles. The number of benzene rings is 3. The maximum atomic E-state index is 15.0. The van der Waals surface area contributed by atoms with E-state index in [1.165, 1.54) is 40.4 Å². The van der Waals surface area contributed by atoms with E-state index < -0.39 is 114 Å². The Hall–Kier alpha value is -6.54. The minimum Gasteiger partial charge on any atom is -0.452 e. The minimum atomic E-state index is -1.38. The summed E-state index contributed by atoms with van der Waals surface area (Å²) in [6.45, 7) is 12.5. The number of esters is 1. The fourth-order valence-corrected chi connectivity index (χ4v) is 12.7. The molecule has 20 heteroatoms. The van der Waals surface area contributed by atoms with E-state index in [1.807, 2.05) is 105 Å². The largest absolute Gasteiger partial charge is 0.452 e. The molecule has 3 aromatic rings. The van der Waals surface area contributed by atoms with Crippen LogP contribution in [-0.2, 0) is 62.4 Å². The monoisotopic (exact) mass is 1120 g/mol. The summed E-state index contributed by atoms with van der Waals surface area (Å²) < 4.78 is 6.12. The summed E-state index contributed by atoms with van der Waals surface area (Å²) in [6, 6.07) is 20.3. The summed E-state index contributed by atoms with van der Waals surface area (Å²) in [4.78, 5) is 132. The zero-order chi connectivity index (χ0) is 57.2. The van der Waals surface area contributed by atoms with Crippen molar-refractivity contribution in [3.8, 4) is 0 Å². The topological polar surface area (TPSA) is 220 Å². The third-order valence-corrected chi connectivity index (χ3v) is 17.8. The number of ether oxygens (including phenoxy) is 1. The summed E-state index contributed by atoms with van der Waals surface area (Å²) in [6.07, 6.45) is 0.0630. The number of thioether (sulfide) groups is 2. The molecule has 0 aromatic heterocycles. The molecule has 3 N–H and O–H groups in total. The molecule has 79 heavy (non-hydrogen) atoms. The number of likely N-dealkylation sites (N-methyl/N-ethyl adjacent to an activating group) is 3. The fraction of sp³-hybridized carbons (Fsp3) is 0.525. The molecule has 0 saturated carbocycles. The Labute approximate surface area is 473 Å². The second kappa shape index (κ2) is 27.1. The van der Waals surface area contributed by atoms with Gasteiger partial charge in [-0.25, -0.2) is 0 Å². The van der Waals surface area contributed by atoms with Gasteiger partial charge in [0.15, 0.2) is 6.10 Å². The van der Waals surface area contributed by atoms with Crippen molar-refractivity contribution in [2.45, 2.75) is 141 Å². The average molecular weight is 1120 g/mol. The van der Waals surface area contributed by atoms with E-state index >= 15 is 4.79 Å². The van der Waals surface area contributed by atoms with Crippen LogP contribution in [0.5, 0.6) is 0 Å². The Bertz CT molecular complexity index is 2750. The first-order valence-electron chi connectivity index (χ1n) is 27.4. The molecule has 424 valence electrons. The van der Waals surface area contributed by atoms with Gasteiger partial charge >= 0.3 is 5.97 Å². The molecule has 7 rings (SSSR count). The molecular weight excluding hydrogens is 1040 g/mol. The van der Waals surface area contributed by atoms with Crippen molar-refractivity contribution in [3.05, 3.63) is 108 Å². The number of rotatable bonds is 8. The van der Waals surface area contributed by atoms with Gasteiger partial charge in [-0.3, -0.25) is 48.3 Å². The van der Waals surface area contributed by atoms with E-state index in [1.54, 1.807) is 58.5 Å². The predicted molar refractivity (Wildman–Crippen MR) is 308 cm³/mol. The summed E-state index contributed by atoms with van der Waals surface area (Å²) in [7, 11) is 4.76. The van der Waals surface area contributed by atoms with Crippen LogP contribution in [0, 0.1) is 17.8 Å². The minimum absolute atomic E-state index is 0.0142. The van der Waals surface area contributed by atoms with Gasteiger partial charge in [0.1, 0.15) is 36.3 Å².